The van der Waals surface area contributed by atoms with Crippen molar-refractivity contribution < 1.29 is 9.84 Å². The number of aliphatic hydroxyl groups is 1. The summed E-state index contributed by atoms with van der Waals surface area (Å²) in [6.07, 6.45) is 2.25. The van der Waals surface area contributed by atoms with Crippen molar-refractivity contribution >= 4 is 0 Å². The van der Waals surface area contributed by atoms with Gasteiger partial charge in [0.25, 0.3) is 0 Å². The summed E-state index contributed by atoms with van der Waals surface area (Å²) in [6.45, 7) is 3.45. The van der Waals surface area contributed by atoms with Gasteiger partial charge in [-0.15, -0.1) is 0 Å². The van der Waals surface area contributed by atoms with Crippen molar-refractivity contribution in [1.29, 1.82) is 0 Å². The predicted octanol–water partition coefficient (Wildman–Crippen LogP) is 2.08. The van der Waals surface area contributed by atoms with Gasteiger partial charge in [-0.3, -0.25) is 0 Å². The van der Waals surface area contributed by atoms with Crippen molar-refractivity contribution in [1.82, 2.24) is 0 Å². The molecule has 2 nitrogen and oxygen atoms in total. The van der Waals surface area contributed by atoms with Gasteiger partial charge in [-0.25, -0.2) is 0 Å². The molecule has 15 heavy (non-hydrogen) atoms. The van der Waals surface area contributed by atoms with E-state index in [2.05, 4.69) is 25.1 Å². The lowest BCUT2D eigenvalue weighted by atomic mass is 9.87. The minimum Gasteiger partial charge on any atom is -0.389 e. The van der Waals surface area contributed by atoms with Gasteiger partial charge in [0.15, 0.2) is 0 Å². The Morgan fingerprint density at radius 3 is 2.73 bits per heavy atom. The minimum atomic E-state index is -0.550. The van der Waals surface area contributed by atoms with Gasteiger partial charge in [-0.05, 0) is 25.3 Å². The first-order chi connectivity index (χ1) is 7.18. The topological polar surface area (TPSA) is 29.5 Å². The smallest absolute Gasteiger partial charge is 0.0731 e. The maximum atomic E-state index is 10.3. The van der Waals surface area contributed by atoms with E-state index < -0.39 is 5.60 Å². The summed E-state index contributed by atoms with van der Waals surface area (Å²) >= 11 is 0. The van der Waals surface area contributed by atoms with Crippen LogP contribution in [0.3, 0.4) is 0 Å². The van der Waals surface area contributed by atoms with Crippen LogP contribution in [0.5, 0.6) is 0 Å². The molecule has 1 aliphatic rings. The normalized spacial score (nSPS) is 20.1. The molecule has 0 saturated carbocycles. The number of hydrogen-bond donors (Lipinski definition) is 1. The zero-order valence-electron chi connectivity index (χ0n) is 9.20. The Balaban J connectivity index is 2.06. The zero-order valence-corrected chi connectivity index (χ0v) is 9.20. The quantitative estimate of drug-likeness (QED) is 0.802. The summed E-state index contributed by atoms with van der Waals surface area (Å²) in [7, 11) is 0. The molecular formula is C13H18O2. The molecule has 0 aliphatic carbocycles. The van der Waals surface area contributed by atoms with Crippen LogP contribution in [0.15, 0.2) is 24.3 Å². The Labute approximate surface area is 90.9 Å². The molecule has 1 N–H and O–H groups in total. The van der Waals surface area contributed by atoms with Crippen LogP contribution in [0.2, 0.25) is 0 Å². The van der Waals surface area contributed by atoms with E-state index in [4.69, 9.17) is 4.74 Å². The van der Waals surface area contributed by atoms with Gasteiger partial charge in [0.2, 0.25) is 0 Å². The molecule has 0 unspecified atom stereocenters. The zero-order chi connectivity index (χ0) is 10.7. The second-order valence-corrected chi connectivity index (χ2v) is 4.50. The summed E-state index contributed by atoms with van der Waals surface area (Å²) in [5, 5.41) is 10.3. The number of rotatable bonds is 2. The molecule has 1 aliphatic heterocycles. The maximum Gasteiger partial charge on any atom is 0.0731 e. The molecule has 0 amide bonds. The van der Waals surface area contributed by atoms with Crippen molar-refractivity contribution in [2.75, 3.05) is 13.2 Å². The van der Waals surface area contributed by atoms with Crippen LogP contribution in [-0.4, -0.2) is 23.9 Å². The molecule has 0 spiro atoms. The summed E-state index contributed by atoms with van der Waals surface area (Å²) in [5.41, 5.74) is 1.93. The fraction of sp³-hybridized carbons (Fsp3) is 0.538. The first-order valence-corrected chi connectivity index (χ1v) is 5.54. The third-order valence-corrected chi connectivity index (χ3v) is 3.04. The van der Waals surface area contributed by atoms with Crippen LogP contribution in [0, 0.1) is 6.92 Å². The van der Waals surface area contributed by atoms with Gasteiger partial charge in [-0.2, -0.15) is 0 Å². The molecule has 1 saturated heterocycles. The number of hydrogen-bond acceptors (Lipinski definition) is 2. The molecule has 2 rings (SSSR count). The van der Waals surface area contributed by atoms with E-state index in [-0.39, 0.29) is 0 Å². The summed E-state index contributed by atoms with van der Waals surface area (Å²) in [5.74, 6) is 0. The van der Waals surface area contributed by atoms with Crippen molar-refractivity contribution in [3.8, 4) is 0 Å². The second kappa shape index (κ2) is 4.33. The van der Waals surface area contributed by atoms with Crippen LogP contribution in [0.25, 0.3) is 0 Å². The van der Waals surface area contributed by atoms with E-state index in [0.29, 0.717) is 13.2 Å². The van der Waals surface area contributed by atoms with Gasteiger partial charge in [-0.1, -0.05) is 29.8 Å². The first kappa shape index (κ1) is 10.7. The van der Waals surface area contributed by atoms with Crippen molar-refractivity contribution in [2.45, 2.75) is 31.8 Å². The van der Waals surface area contributed by atoms with Gasteiger partial charge in [0, 0.05) is 19.6 Å². The molecule has 0 bridgehead atoms. The largest absolute Gasteiger partial charge is 0.389 e. The third kappa shape index (κ3) is 2.80. The minimum absolute atomic E-state index is 0.550. The fourth-order valence-electron chi connectivity index (χ4n) is 2.13. The Bertz CT molecular complexity index is 327. The third-order valence-electron chi connectivity index (χ3n) is 3.04. The number of aryl methyl sites for hydroxylation is 1. The van der Waals surface area contributed by atoms with E-state index in [0.717, 1.165) is 19.3 Å². The molecule has 1 fully saturated rings. The first-order valence-electron chi connectivity index (χ1n) is 5.54. The SMILES string of the molecule is Cc1cccc(CC2(O)CCOCC2)c1. The summed E-state index contributed by atoms with van der Waals surface area (Å²) in [6, 6.07) is 8.36. The molecule has 2 heteroatoms. The average molecular weight is 206 g/mol. The summed E-state index contributed by atoms with van der Waals surface area (Å²) in [4.78, 5) is 0. The Kier molecular flexibility index (Phi) is 3.08. The monoisotopic (exact) mass is 206 g/mol. The highest BCUT2D eigenvalue weighted by atomic mass is 16.5. The van der Waals surface area contributed by atoms with E-state index in [1.54, 1.807) is 0 Å². The van der Waals surface area contributed by atoms with Gasteiger partial charge < -0.3 is 9.84 Å². The van der Waals surface area contributed by atoms with Crippen LogP contribution in [0.1, 0.15) is 24.0 Å². The highest BCUT2D eigenvalue weighted by molar-refractivity contribution is 5.23. The van der Waals surface area contributed by atoms with Crippen LogP contribution >= 0.6 is 0 Å². The van der Waals surface area contributed by atoms with Crippen molar-refractivity contribution in [3.63, 3.8) is 0 Å². The highest BCUT2D eigenvalue weighted by Gasteiger charge is 2.29. The molecule has 1 heterocycles. The predicted molar refractivity (Wildman–Crippen MR) is 59.9 cm³/mol. The fourth-order valence-corrected chi connectivity index (χ4v) is 2.13. The molecule has 82 valence electrons. The van der Waals surface area contributed by atoms with E-state index in [1.165, 1.54) is 11.1 Å². The lowest BCUT2D eigenvalue weighted by Crippen LogP contribution is -2.38. The van der Waals surface area contributed by atoms with Crippen LogP contribution in [-0.2, 0) is 11.2 Å². The van der Waals surface area contributed by atoms with E-state index in [1.807, 2.05) is 6.07 Å². The second-order valence-electron chi connectivity index (χ2n) is 4.50. The van der Waals surface area contributed by atoms with E-state index in [9.17, 15) is 5.11 Å². The van der Waals surface area contributed by atoms with Gasteiger partial charge in [0.05, 0.1) is 5.60 Å². The molecular weight excluding hydrogens is 188 g/mol. The van der Waals surface area contributed by atoms with E-state index >= 15 is 0 Å². The average Bonchev–Trinajstić information content (AvgIpc) is 2.18. The molecule has 1 aromatic rings. The van der Waals surface area contributed by atoms with Crippen molar-refractivity contribution in [2.24, 2.45) is 0 Å². The Morgan fingerprint density at radius 2 is 2.07 bits per heavy atom. The molecule has 0 aromatic heterocycles. The lowest BCUT2D eigenvalue weighted by Gasteiger charge is -2.32. The highest BCUT2D eigenvalue weighted by Crippen LogP contribution is 2.25. The van der Waals surface area contributed by atoms with Crippen LogP contribution < -0.4 is 0 Å². The molecule has 0 radical (unpaired) electrons. The lowest BCUT2D eigenvalue weighted by molar-refractivity contribution is -0.0625. The Hall–Kier alpha value is -0.860. The molecule has 0 atom stereocenters. The Morgan fingerprint density at radius 1 is 1.33 bits per heavy atom. The summed E-state index contributed by atoms with van der Waals surface area (Å²) < 4.78 is 5.27. The molecule has 1 aromatic carbocycles. The van der Waals surface area contributed by atoms with Gasteiger partial charge in [0.1, 0.15) is 0 Å². The standard InChI is InChI=1S/C13H18O2/c1-11-3-2-4-12(9-11)10-13(14)5-7-15-8-6-13/h2-4,9,14H,5-8,10H2,1H3. The van der Waals surface area contributed by atoms with Gasteiger partial charge >= 0.3 is 0 Å². The maximum absolute atomic E-state index is 10.3. The van der Waals surface area contributed by atoms with Crippen LogP contribution in [0.4, 0.5) is 0 Å². The van der Waals surface area contributed by atoms with Crippen molar-refractivity contribution in [3.05, 3.63) is 35.4 Å². The number of benzene rings is 1. The number of ether oxygens (including phenoxy) is 1.